The fourth-order valence-corrected chi connectivity index (χ4v) is 3.93. The van der Waals surface area contributed by atoms with Crippen molar-refractivity contribution >= 4 is 16.9 Å². The second-order valence-corrected chi connectivity index (χ2v) is 8.88. The van der Waals surface area contributed by atoms with E-state index in [2.05, 4.69) is 16.4 Å². The van der Waals surface area contributed by atoms with Crippen LogP contribution < -0.4 is 14.8 Å². The average Bonchev–Trinajstić information content (AvgIpc) is 3.60. The molecule has 34 heavy (non-hydrogen) atoms. The molecular weight excluding hydrogens is 428 g/mol. The quantitative estimate of drug-likeness (QED) is 0.383. The Hall–Kier alpha value is -3.87. The summed E-state index contributed by atoms with van der Waals surface area (Å²) in [4.78, 5) is 20.8. The second kappa shape index (κ2) is 9.17. The number of nitrogens with one attached hydrogen (secondary N) is 1. The zero-order valence-corrected chi connectivity index (χ0v) is 19.6. The lowest BCUT2D eigenvalue weighted by Gasteiger charge is -2.13. The van der Waals surface area contributed by atoms with E-state index in [1.165, 1.54) is 19.8 Å². The number of imidazole rings is 1. The molecule has 2 aromatic carbocycles. The zero-order chi connectivity index (χ0) is 23.7. The molecule has 174 valence electrons. The fourth-order valence-electron chi connectivity index (χ4n) is 3.93. The van der Waals surface area contributed by atoms with Gasteiger partial charge >= 0.3 is 0 Å². The molecule has 1 fully saturated rings. The fraction of sp³-hybridized carbons (Fsp3) is 0.296. The van der Waals surface area contributed by atoms with Crippen molar-refractivity contribution in [3.05, 3.63) is 66.4 Å². The molecule has 2 aromatic heterocycles. The summed E-state index contributed by atoms with van der Waals surface area (Å²) in [6, 6.07) is 17.4. The summed E-state index contributed by atoms with van der Waals surface area (Å²) in [7, 11) is 1.97. The standard InChI is InChI=1S/C27H28N4O3/c1-17(29-18(2)32)20-9-11-24-26(13-20)31(3)27(30-24)25-12-10-23(15-28-25)34-22-6-4-5-21(14-22)33-16-19-7-8-19/h4-6,9-15,17,19H,7-8,16H2,1-3H3,(H,29,32). The number of pyridine rings is 1. The Kier molecular flexibility index (Phi) is 5.92. The van der Waals surface area contributed by atoms with Gasteiger partial charge in [0.05, 0.1) is 29.9 Å². The summed E-state index contributed by atoms with van der Waals surface area (Å²) in [6.45, 7) is 4.26. The van der Waals surface area contributed by atoms with Crippen LogP contribution in [0.25, 0.3) is 22.6 Å². The normalized spacial score (nSPS) is 14.1. The SMILES string of the molecule is CC(=O)NC(C)c1ccc2nc(-c3ccc(Oc4cccc(OCC5CC5)c4)cn3)n(C)c2c1. The number of hydrogen-bond acceptors (Lipinski definition) is 5. The summed E-state index contributed by atoms with van der Waals surface area (Å²) in [5.74, 6) is 3.60. The van der Waals surface area contributed by atoms with Crippen molar-refractivity contribution in [2.75, 3.05) is 6.61 Å². The Balaban J connectivity index is 1.32. The molecule has 7 nitrogen and oxygen atoms in total. The summed E-state index contributed by atoms with van der Waals surface area (Å²) < 4.78 is 13.8. The smallest absolute Gasteiger partial charge is 0.217 e. The molecule has 0 bridgehead atoms. The van der Waals surface area contributed by atoms with Gasteiger partial charge in [0, 0.05) is 20.0 Å². The third kappa shape index (κ3) is 4.88. The highest BCUT2D eigenvalue weighted by atomic mass is 16.5. The van der Waals surface area contributed by atoms with Gasteiger partial charge in [0.1, 0.15) is 22.9 Å². The van der Waals surface area contributed by atoms with Gasteiger partial charge in [-0.3, -0.25) is 4.79 Å². The Labute approximate surface area is 198 Å². The van der Waals surface area contributed by atoms with Gasteiger partial charge in [0.25, 0.3) is 0 Å². The summed E-state index contributed by atoms with van der Waals surface area (Å²) >= 11 is 0. The van der Waals surface area contributed by atoms with Gasteiger partial charge in [0.2, 0.25) is 5.91 Å². The molecular formula is C27H28N4O3. The predicted octanol–water partition coefficient (Wildman–Crippen LogP) is 5.41. The molecule has 0 aliphatic heterocycles. The van der Waals surface area contributed by atoms with Crippen LogP contribution in [0.1, 0.15) is 38.3 Å². The average molecular weight is 457 g/mol. The molecule has 1 aliphatic carbocycles. The molecule has 7 heteroatoms. The first-order chi connectivity index (χ1) is 16.5. The Morgan fingerprint density at radius 3 is 2.68 bits per heavy atom. The highest BCUT2D eigenvalue weighted by Crippen LogP contribution is 2.31. The lowest BCUT2D eigenvalue weighted by atomic mass is 10.1. The number of fused-ring (bicyclic) bond motifs is 1. The molecule has 4 aromatic rings. The van der Waals surface area contributed by atoms with Crippen molar-refractivity contribution in [2.24, 2.45) is 13.0 Å². The van der Waals surface area contributed by atoms with Gasteiger partial charge in [-0.2, -0.15) is 0 Å². The first-order valence-corrected chi connectivity index (χ1v) is 11.6. The lowest BCUT2D eigenvalue weighted by molar-refractivity contribution is -0.119. The number of hydrogen-bond donors (Lipinski definition) is 1. The van der Waals surface area contributed by atoms with Gasteiger partial charge in [-0.25, -0.2) is 9.97 Å². The van der Waals surface area contributed by atoms with E-state index in [1.54, 1.807) is 6.20 Å². The number of aromatic nitrogens is 3. The van der Waals surface area contributed by atoms with Crippen molar-refractivity contribution in [3.63, 3.8) is 0 Å². The van der Waals surface area contributed by atoms with Crippen LogP contribution in [-0.4, -0.2) is 27.0 Å². The van der Waals surface area contributed by atoms with Crippen molar-refractivity contribution < 1.29 is 14.3 Å². The van der Waals surface area contributed by atoms with Gasteiger partial charge < -0.3 is 19.4 Å². The Morgan fingerprint density at radius 1 is 1.12 bits per heavy atom. The van der Waals surface area contributed by atoms with Crippen LogP contribution in [0.15, 0.2) is 60.8 Å². The molecule has 2 heterocycles. The molecule has 0 spiro atoms. The molecule has 5 rings (SSSR count). The third-order valence-corrected chi connectivity index (χ3v) is 6.01. The summed E-state index contributed by atoms with van der Waals surface area (Å²) in [5, 5.41) is 2.92. The van der Waals surface area contributed by atoms with E-state index in [4.69, 9.17) is 14.5 Å². The largest absolute Gasteiger partial charge is 0.493 e. The number of amides is 1. The summed E-state index contributed by atoms with van der Waals surface area (Å²) in [5.41, 5.74) is 3.64. The first-order valence-electron chi connectivity index (χ1n) is 11.6. The van der Waals surface area contributed by atoms with Crippen LogP contribution in [0, 0.1) is 5.92 Å². The Bertz CT molecular complexity index is 1330. The molecule has 1 atom stereocenters. The van der Waals surface area contributed by atoms with E-state index in [9.17, 15) is 4.79 Å². The zero-order valence-electron chi connectivity index (χ0n) is 19.6. The minimum absolute atomic E-state index is 0.0534. The number of rotatable bonds is 8. The van der Waals surface area contributed by atoms with Crippen LogP contribution in [0.2, 0.25) is 0 Å². The maximum Gasteiger partial charge on any atom is 0.217 e. The van der Waals surface area contributed by atoms with Crippen molar-refractivity contribution in [1.29, 1.82) is 0 Å². The highest BCUT2D eigenvalue weighted by Gasteiger charge is 2.22. The number of aryl methyl sites for hydroxylation is 1. The van der Waals surface area contributed by atoms with Crippen LogP contribution in [0.4, 0.5) is 0 Å². The molecule has 1 N–H and O–H groups in total. The maximum absolute atomic E-state index is 11.4. The topological polar surface area (TPSA) is 78.3 Å². The number of carbonyl (C=O) groups excluding carboxylic acids is 1. The highest BCUT2D eigenvalue weighted by molar-refractivity contribution is 5.81. The van der Waals surface area contributed by atoms with Crippen molar-refractivity contribution in [3.8, 4) is 28.8 Å². The minimum Gasteiger partial charge on any atom is -0.493 e. The molecule has 1 unspecified atom stereocenters. The van der Waals surface area contributed by atoms with E-state index in [0.717, 1.165) is 40.5 Å². The predicted molar refractivity (Wildman–Crippen MR) is 131 cm³/mol. The Morgan fingerprint density at radius 2 is 1.94 bits per heavy atom. The van der Waals surface area contributed by atoms with Crippen LogP contribution in [-0.2, 0) is 11.8 Å². The second-order valence-electron chi connectivity index (χ2n) is 8.88. The third-order valence-electron chi connectivity index (χ3n) is 6.01. The molecule has 1 saturated carbocycles. The van der Waals surface area contributed by atoms with E-state index in [-0.39, 0.29) is 11.9 Å². The lowest BCUT2D eigenvalue weighted by Crippen LogP contribution is -2.23. The van der Waals surface area contributed by atoms with Crippen molar-refractivity contribution in [1.82, 2.24) is 19.9 Å². The first kappa shape index (κ1) is 21.9. The monoisotopic (exact) mass is 456 g/mol. The number of carbonyl (C=O) groups is 1. The number of nitrogens with zero attached hydrogens (tertiary/aromatic N) is 3. The van der Waals surface area contributed by atoms with Crippen LogP contribution in [0.3, 0.4) is 0 Å². The number of ether oxygens (including phenoxy) is 2. The number of benzene rings is 2. The van der Waals surface area contributed by atoms with Gasteiger partial charge in [0.15, 0.2) is 5.82 Å². The van der Waals surface area contributed by atoms with Gasteiger partial charge in [-0.15, -0.1) is 0 Å². The van der Waals surface area contributed by atoms with E-state index >= 15 is 0 Å². The molecule has 1 amide bonds. The van der Waals surface area contributed by atoms with Gasteiger partial charge in [-0.1, -0.05) is 12.1 Å². The van der Waals surface area contributed by atoms with Crippen LogP contribution in [0.5, 0.6) is 17.2 Å². The molecule has 1 aliphatic rings. The summed E-state index contributed by atoms with van der Waals surface area (Å²) in [6.07, 6.45) is 4.23. The minimum atomic E-state index is -0.0765. The van der Waals surface area contributed by atoms with Crippen molar-refractivity contribution in [2.45, 2.75) is 32.7 Å². The van der Waals surface area contributed by atoms with Gasteiger partial charge in [-0.05, 0) is 67.6 Å². The van der Waals surface area contributed by atoms with E-state index in [0.29, 0.717) is 17.4 Å². The van der Waals surface area contributed by atoms with E-state index < -0.39 is 0 Å². The molecule has 0 radical (unpaired) electrons. The molecule has 0 saturated heterocycles. The van der Waals surface area contributed by atoms with E-state index in [1.807, 2.05) is 67.1 Å². The maximum atomic E-state index is 11.4. The van der Waals surface area contributed by atoms with Crippen LogP contribution >= 0.6 is 0 Å².